The first-order valence-corrected chi connectivity index (χ1v) is 7.95. The van der Waals surface area contributed by atoms with E-state index in [-0.39, 0.29) is 18.5 Å². The Hall–Kier alpha value is -2.70. The summed E-state index contributed by atoms with van der Waals surface area (Å²) in [5, 5.41) is 13.4. The minimum atomic E-state index is -0.837. The maximum atomic E-state index is 12.7. The fraction of sp³-hybridized carbons (Fsp3) is 0.412. The Morgan fingerprint density at radius 1 is 1.21 bits per heavy atom. The highest BCUT2D eigenvalue weighted by molar-refractivity contribution is 5.95. The predicted molar refractivity (Wildman–Crippen MR) is 87.3 cm³/mol. The molecule has 2 atom stereocenters. The maximum absolute atomic E-state index is 12.7. The summed E-state index contributed by atoms with van der Waals surface area (Å²) in [5.74, 6) is -0.846. The standard InChI is InChI=1S/C17H20N4O3/c1-11-3-4-14(17(23)24)9-21(11)16(22)13-7-5-12(6-8-13)15-18-10-20(2)19-15/h5-8,10-11,14H,3-4,9H2,1-2H3,(H,23,24). The number of carbonyl (C=O) groups excluding carboxylic acids is 1. The Bertz CT molecular complexity index is 753. The predicted octanol–water partition coefficient (Wildman–Crippen LogP) is 1.81. The van der Waals surface area contributed by atoms with Gasteiger partial charge in [0.25, 0.3) is 5.91 Å². The number of aliphatic carboxylic acids is 1. The number of carboxylic acids is 1. The maximum Gasteiger partial charge on any atom is 0.308 e. The van der Waals surface area contributed by atoms with Gasteiger partial charge in [0, 0.05) is 30.8 Å². The average Bonchev–Trinajstić information content (AvgIpc) is 3.01. The first kappa shape index (κ1) is 16.2. The van der Waals surface area contributed by atoms with Gasteiger partial charge in [-0.1, -0.05) is 12.1 Å². The highest BCUT2D eigenvalue weighted by Gasteiger charge is 2.32. The fourth-order valence-corrected chi connectivity index (χ4v) is 2.99. The van der Waals surface area contributed by atoms with E-state index >= 15 is 0 Å². The highest BCUT2D eigenvalue weighted by Crippen LogP contribution is 2.24. The Morgan fingerprint density at radius 2 is 1.92 bits per heavy atom. The molecule has 0 spiro atoms. The number of rotatable bonds is 3. The van der Waals surface area contributed by atoms with Crippen LogP contribution in [0.2, 0.25) is 0 Å². The second kappa shape index (κ2) is 6.43. The number of hydrogen-bond donors (Lipinski definition) is 1. The van der Waals surface area contributed by atoms with Crippen molar-refractivity contribution in [3.8, 4) is 11.4 Å². The van der Waals surface area contributed by atoms with Crippen LogP contribution in [0.1, 0.15) is 30.1 Å². The number of carboxylic acid groups (broad SMARTS) is 1. The van der Waals surface area contributed by atoms with Crippen LogP contribution in [0, 0.1) is 5.92 Å². The lowest BCUT2D eigenvalue weighted by molar-refractivity contribution is -0.143. The summed E-state index contributed by atoms with van der Waals surface area (Å²) in [7, 11) is 1.80. The zero-order chi connectivity index (χ0) is 17.3. The van der Waals surface area contributed by atoms with Gasteiger partial charge >= 0.3 is 5.97 Å². The zero-order valence-corrected chi connectivity index (χ0v) is 13.7. The van der Waals surface area contributed by atoms with Crippen molar-refractivity contribution in [2.45, 2.75) is 25.8 Å². The van der Waals surface area contributed by atoms with Gasteiger partial charge in [0.1, 0.15) is 6.33 Å². The lowest BCUT2D eigenvalue weighted by Crippen LogP contribution is -2.47. The van der Waals surface area contributed by atoms with E-state index in [1.165, 1.54) is 0 Å². The van der Waals surface area contributed by atoms with Crippen LogP contribution < -0.4 is 0 Å². The second-order valence-electron chi connectivity index (χ2n) is 6.24. The van der Waals surface area contributed by atoms with Crippen LogP contribution in [-0.4, -0.2) is 49.2 Å². The SMILES string of the molecule is CC1CCC(C(=O)O)CN1C(=O)c1ccc(-c2ncn(C)n2)cc1. The van der Waals surface area contributed by atoms with Crippen molar-refractivity contribution in [1.29, 1.82) is 0 Å². The van der Waals surface area contributed by atoms with E-state index in [4.69, 9.17) is 0 Å². The van der Waals surface area contributed by atoms with Crippen LogP contribution in [0.3, 0.4) is 0 Å². The molecule has 1 aliphatic heterocycles. The molecule has 1 aliphatic rings. The molecule has 1 fully saturated rings. The third-order valence-corrected chi connectivity index (χ3v) is 4.48. The van der Waals surface area contributed by atoms with Crippen LogP contribution in [-0.2, 0) is 11.8 Å². The van der Waals surface area contributed by atoms with E-state index < -0.39 is 11.9 Å². The van der Waals surface area contributed by atoms with Crippen molar-refractivity contribution in [3.63, 3.8) is 0 Å². The van der Waals surface area contributed by atoms with Crippen LogP contribution in [0.15, 0.2) is 30.6 Å². The summed E-state index contributed by atoms with van der Waals surface area (Å²) in [4.78, 5) is 29.8. The van der Waals surface area contributed by atoms with Gasteiger partial charge in [0.15, 0.2) is 5.82 Å². The smallest absolute Gasteiger partial charge is 0.308 e. The summed E-state index contributed by atoms with van der Waals surface area (Å²) in [5.41, 5.74) is 1.38. The van der Waals surface area contributed by atoms with Crippen LogP contribution in [0.4, 0.5) is 0 Å². The molecule has 3 rings (SSSR count). The Labute approximate surface area is 139 Å². The summed E-state index contributed by atoms with van der Waals surface area (Å²) in [6, 6.07) is 7.15. The molecule has 7 nitrogen and oxygen atoms in total. The van der Waals surface area contributed by atoms with Crippen LogP contribution in [0.25, 0.3) is 11.4 Å². The molecule has 2 aromatic rings. The lowest BCUT2D eigenvalue weighted by atomic mass is 9.93. The largest absolute Gasteiger partial charge is 0.481 e. The number of amides is 1. The second-order valence-corrected chi connectivity index (χ2v) is 6.24. The van der Waals surface area contributed by atoms with E-state index in [2.05, 4.69) is 10.1 Å². The number of benzene rings is 1. The molecule has 0 saturated carbocycles. The highest BCUT2D eigenvalue weighted by atomic mass is 16.4. The van der Waals surface area contributed by atoms with Gasteiger partial charge in [-0.3, -0.25) is 14.3 Å². The molecule has 1 aromatic carbocycles. The van der Waals surface area contributed by atoms with Crippen molar-refractivity contribution >= 4 is 11.9 Å². The van der Waals surface area contributed by atoms with Crippen molar-refractivity contribution in [1.82, 2.24) is 19.7 Å². The van der Waals surface area contributed by atoms with E-state index in [0.717, 1.165) is 5.56 Å². The number of aromatic nitrogens is 3. The molecular formula is C17H20N4O3. The molecule has 7 heteroatoms. The van der Waals surface area contributed by atoms with E-state index in [1.54, 1.807) is 35.1 Å². The van der Waals surface area contributed by atoms with Crippen LogP contribution in [0.5, 0.6) is 0 Å². The number of carbonyl (C=O) groups is 2. The monoisotopic (exact) mass is 328 g/mol. The molecule has 2 unspecified atom stereocenters. The lowest BCUT2D eigenvalue weighted by Gasteiger charge is -2.36. The first-order valence-electron chi connectivity index (χ1n) is 7.95. The average molecular weight is 328 g/mol. The molecule has 1 aromatic heterocycles. The summed E-state index contributed by atoms with van der Waals surface area (Å²) in [6.45, 7) is 2.22. The van der Waals surface area contributed by atoms with Crippen molar-refractivity contribution in [3.05, 3.63) is 36.2 Å². The number of hydrogen-bond acceptors (Lipinski definition) is 4. The Kier molecular flexibility index (Phi) is 4.33. The van der Waals surface area contributed by atoms with Crippen LogP contribution >= 0.6 is 0 Å². The molecule has 126 valence electrons. The number of likely N-dealkylation sites (tertiary alicyclic amines) is 1. The number of piperidine rings is 1. The molecular weight excluding hydrogens is 308 g/mol. The molecule has 1 saturated heterocycles. The van der Waals surface area contributed by atoms with Crippen molar-refractivity contribution < 1.29 is 14.7 Å². The molecule has 1 N–H and O–H groups in total. The third kappa shape index (κ3) is 3.15. The minimum Gasteiger partial charge on any atom is -0.481 e. The molecule has 2 heterocycles. The summed E-state index contributed by atoms with van der Waals surface area (Å²) >= 11 is 0. The molecule has 1 amide bonds. The summed E-state index contributed by atoms with van der Waals surface area (Å²) in [6.07, 6.45) is 2.94. The fourth-order valence-electron chi connectivity index (χ4n) is 2.99. The van der Waals surface area contributed by atoms with Crippen molar-refractivity contribution in [2.24, 2.45) is 13.0 Å². The third-order valence-electron chi connectivity index (χ3n) is 4.48. The van der Waals surface area contributed by atoms with E-state index in [9.17, 15) is 14.7 Å². The topological polar surface area (TPSA) is 88.3 Å². The first-order chi connectivity index (χ1) is 11.5. The normalized spacial score (nSPS) is 20.8. The number of aryl methyl sites for hydroxylation is 1. The molecule has 24 heavy (non-hydrogen) atoms. The van der Waals surface area contributed by atoms with Gasteiger partial charge < -0.3 is 10.0 Å². The molecule has 0 aliphatic carbocycles. The van der Waals surface area contributed by atoms with Gasteiger partial charge in [-0.05, 0) is 31.9 Å². The number of nitrogens with zero attached hydrogens (tertiary/aromatic N) is 4. The van der Waals surface area contributed by atoms with Gasteiger partial charge in [-0.2, -0.15) is 5.10 Å². The zero-order valence-electron chi connectivity index (χ0n) is 13.7. The molecule has 0 bridgehead atoms. The van der Waals surface area contributed by atoms with Crippen molar-refractivity contribution in [2.75, 3.05) is 6.54 Å². The molecule has 0 radical (unpaired) electrons. The Balaban J connectivity index is 1.78. The van der Waals surface area contributed by atoms with Gasteiger partial charge in [0.2, 0.25) is 0 Å². The minimum absolute atomic E-state index is 0.0465. The van der Waals surface area contributed by atoms with E-state index in [0.29, 0.717) is 24.2 Å². The summed E-state index contributed by atoms with van der Waals surface area (Å²) < 4.78 is 1.62. The van der Waals surface area contributed by atoms with Gasteiger partial charge in [0.05, 0.1) is 5.92 Å². The van der Waals surface area contributed by atoms with Gasteiger partial charge in [-0.15, -0.1) is 0 Å². The van der Waals surface area contributed by atoms with Gasteiger partial charge in [-0.25, -0.2) is 4.98 Å². The van der Waals surface area contributed by atoms with E-state index in [1.807, 2.05) is 19.1 Å². The quantitative estimate of drug-likeness (QED) is 0.928. The Morgan fingerprint density at radius 3 is 2.50 bits per heavy atom.